The van der Waals surface area contributed by atoms with Gasteiger partial charge >= 0.3 is 0 Å². The lowest BCUT2D eigenvalue weighted by Crippen LogP contribution is -2.19. The van der Waals surface area contributed by atoms with Gasteiger partial charge in [0, 0.05) is 4.47 Å². The van der Waals surface area contributed by atoms with E-state index >= 15 is 0 Å². The Hall–Kier alpha value is -1.66. The fourth-order valence-corrected chi connectivity index (χ4v) is 2.84. The summed E-state index contributed by atoms with van der Waals surface area (Å²) in [5.41, 5.74) is 1.43. The maximum atomic E-state index is 12.0. The monoisotopic (exact) mass is 352 g/mol. The zero-order valence-electron chi connectivity index (χ0n) is 10.7. The Morgan fingerprint density at radius 2 is 1.80 bits per heavy atom. The van der Waals surface area contributed by atoms with Crippen LogP contribution in [0.4, 0.5) is 0 Å². The topological polar surface area (TPSA) is 58.5 Å². The van der Waals surface area contributed by atoms with Crippen molar-refractivity contribution < 1.29 is 8.42 Å². The molecule has 0 spiro atoms. The van der Waals surface area contributed by atoms with E-state index < -0.39 is 10.0 Å². The van der Waals surface area contributed by atoms with Crippen LogP contribution >= 0.6 is 15.9 Å². The van der Waals surface area contributed by atoms with Crippen molar-refractivity contribution in [3.63, 3.8) is 0 Å². The van der Waals surface area contributed by atoms with Crippen LogP contribution in [0, 0.1) is 0 Å². The zero-order valence-corrected chi connectivity index (χ0v) is 13.1. The molecule has 0 saturated carbocycles. The highest BCUT2D eigenvalue weighted by Gasteiger charge is 2.11. The first kappa shape index (κ1) is 14.7. The molecule has 104 valence electrons. The first-order valence-electron chi connectivity index (χ1n) is 5.86. The lowest BCUT2D eigenvalue weighted by molar-refractivity contribution is 0.584. The van der Waals surface area contributed by atoms with E-state index in [2.05, 4.69) is 25.9 Å². The third-order valence-corrected chi connectivity index (χ3v) is 4.35. The molecule has 2 aromatic carbocycles. The third-order valence-electron chi connectivity index (χ3n) is 2.63. The van der Waals surface area contributed by atoms with Gasteiger partial charge in [0.15, 0.2) is 0 Å². The van der Waals surface area contributed by atoms with E-state index in [4.69, 9.17) is 0 Å². The lowest BCUT2D eigenvalue weighted by Gasteiger charge is -2.05. The van der Waals surface area contributed by atoms with Crippen molar-refractivity contribution in [2.45, 2.75) is 11.8 Å². The minimum atomic E-state index is -3.62. The summed E-state index contributed by atoms with van der Waals surface area (Å²) in [7, 11) is -3.62. The molecule has 0 aliphatic rings. The van der Waals surface area contributed by atoms with E-state index in [1.165, 1.54) is 12.1 Å². The number of nitrogens with one attached hydrogen (secondary N) is 1. The van der Waals surface area contributed by atoms with Gasteiger partial charge in [-0.1, -0.05) is 46.3 Å². The number of halogens is 1. The summed E-state index contributed by atoms with van der Waals surface area (Å²) in [6, 6.07) is 15.6. The second-order valence-corrected chi connectivity index (χ2v) is 6.69. The Morgan fingerprint density at radius 1 is 1.10 bits per heavy atom. The molecular weight excluding hydrogens is 340 g/mol. The van der Waals surface area contributed by atoms with Crippen molar-refractivity contribution in [1.82, 2.24) is 4.83 Å². The van der Waals surface area contributed by atoms with Gasteiger partial charge in [0.1, 0.15) is 0 Å². The molecule has 0 amide bonds. The first-order valence-corrected chi connectivity index (χ1v) is 8.14. The van der Waals surface area contributed by atoms with Crippen molar-refractivity contribution in [3.8, 4) is 0 Å². The van der Waals surface area contributed by atoms with Gasteiger partial charge in [-0.25, -0.2) is 0 Å². The van der Waals surface area contributed by atoms with Crippen molar-refractivity contribution in [3.05, 3.63) is 64.6 Å². The summed E-state index contributed by atoms with van der Waals surface area (Å²) >= 11 is 3.36. The average molecular weight is 353 g/mol. The average Bonchev–Trinajstić information content (AvgIpc) is 2.46. The molecule has 0 heterocycles. The minimum absolute atomic E-state index is 0.186. The summed E-state index contributed by atoms with van der Waals surface area (Å²) in [5, 5.41) is 3.94. The molecule has 1 N–H and O–H groups in total. The van der Waals surface area contributed by atoms with Gasteiger partial charge in [0.25, 0.3) is 10.0 Å². The number of benzene rings is 2. The molecule has 0 radical (unpaired) electrons. The van der Waals surface area contributed by atoms with Crippen LogP contribution in [0.15, 0.2) is 69.1 Å². The standard InChI is InChI=1S/C14H13BrN2O2S/c1-11(12-6-5-7-13(15)10-12)16-17-20(18,19)14-8-3-2-4-9-14/h2-10,17H,1H3. The molecule has 0 aliphatic heterocycles. The highest BCUT2D eigenvalue weighted by Crippen LogP contribution is 2.13. The fourth-order valence-electron chi connectivity index (χ4n) is 1.56. The fraction of sp³-hybridized carbons (Fsp3) is 0.0714. The predicted octanol–water partition coefficient (Wildman–Crippen LogP) is 3.15. The Balaban J connectivity index is 2.21. The van der Waals surface area contributed by atoms with E-state index in [1.54, 1.807) is 25.1 Å². The number of rotatable bonds is 4. The first-order chi connectivity index (χ1) is 9.49. The van der Waals surface area contributed by atoms with Gasteiger partial charge in [-0.05, 0) is 36.8 Å². The van der Waals surface area contributed by atoms with Gasteiger partial charge < -0.3 is 0 Å². The van der Waals surface area contributed by atoms with E-state index in [1.807, 2.05) is 24.3 Å². The molecule has 0 unspecified atom stereocenters. The normalized spacial score (nSPS) is 12.2. The number of nitrogens with zero attached hydrogens (tertiary/aromatic N) is 1. The minimum Gasteiger partial charge on any atom is -0.200 e. The van der Waals surface area contributed by atoms with Crippen LogP contribution in [0.3, 0.4) is 0 Å². The molecule has 20 heavy (non-hydrogen) atoms. The van der Waals surface area contributed by atoms with Gasteiger partial charge in [-0.2, -0.15) is 18.4 Å². The highest BCUT2D eigenvalue weighted by molar-refractivity contribution is 9.10. The number of hydrazone groups is 1. The van der Waals surface area contributed by atoms with Crippen molar-refractivity contribution in [2.75, 3.05) is 0 Å². The second kappa shape index (κ2) is 6.19. The van der Waals surface area contributed by atoms with Crippen LogP contribution in [0.1, 0.15) is 12.5 Å². The third kappa shape index (κ3) is 3.68. The van der Waals surface area contributed by atoms with Gasteiger partial charge in [0.05, 0.1) is 10.6 Å². The Morgan fingerprint density at radius 3 is 2.45 bits per heavy atom. The summed E-state index contributed by atoms with van der Waals surface area (Å²) in [4.78, 5) is 2.42. The highest BCUT2D eigenvalue weighted by atomic mass is 79.9. The number of hydrogen-bond acceptors (Lipinski definition) is 3. The van der Waals surface area contributed by atoms with Gasteiger partial charge in [-0.3, -0.25) is 0 Å². The van der Waals surface area contributed by atoms with Gasteiger partial charge in [-0.15, -0.1) is 0 Å². The summed E-state index contributed by atoms with van der Waals surface area (Å²) in [6.07, 6.45) is 0. The summed E-state index contributed by atoms with van der Waals surface area (Å²) in [5.74, 6) is 0. The van der Waals surface area contributed by atoms with E-state index in [0.717, 1.165) is 10.0 Å². The lowest BCUT2D eigenvalue weighted by atomic mass is 10.1. The quantitative estimate of drug-likeness (QED) is 0.678. The molecule has 2 rings (SSSR count). The van der Waals surface area contributed by atoms with E-state index in [0.29, 0.717) is 5.71 Å². The van der Waals surface area contributed by atoms with Crippen LogP contribution in [-0.2, 0) is 10.0 Å². The Bertz CT molecular complexity index is 728. The smallest absolute Gasteiger partial charge is 0.200 e. The van der Waals surface area contributed by atoms with Crippen LogP contribution in [0.5, 0.6) is 0 Å². The van der Waals surface area contributed by atoms with E-state index in [-0.39, 0.29) is 4.90 Å². The Kier molecular flexibility index (Phi) is 4.57. The van der Waals surface area contributed by atoms with Crippen LogP contribution in [-0.4, -0.2) is 14.1 Å². The largest absolute Gasteiger partial charge is 0.276 e. The number of hydrogen-bond donors (Lipinski definition) is 1. The van der Waals surface area contributed by atoms with Crippen molar-refractivity contribution in [2.24, 2.45) is 5.10 Å². The second-order valence-electron chi connectivity index (χ2n) is 4.12. The molecule has 0 bridgehead atoms. The molecule has 0 saturated heterocycles. The van der Waals surface area contributed by atoms with Crippen LogP contribution in [0.25, 0.3) is 0 Å². The maximum Gasteiger partial charge on any atom is 0.276 e. The molecule has 4 nitrogen and oxygen atoms in total. The molecular formula is C14H13BrN2O2S. The number of sulfonamides is 1. The van der Waals surface area contributed by atoms with E-state index in [9.17, 15) is 8.42 Å². The van der Waals surface area contributed by atoms with Crippen molar-refractivity contribution >= 4 is 31.7 Å². The maximum absolute atomic E-state index is 12.0. The molecule has 0 aliphatic carbocycles. The molecule has 0 aromatic heterocycles. The van der Waals surface area contributed by atoms with Crippen LogP contribution < -0.4 is 4.83 Å². The summed E-state index contributed by atoms with van der Waals surface area (Å²) in [6.45, 7) is 1.75. The van der Waals surface area contributed by atoms with Gasteiger partial charge in [0.2, 0.25) is 0 Å². The SMILES string of the molecule is CC(=NNS(=O)(=O)c1ccccc1)c1cccc(Br)c1. The summed E-state index contributed by atoms with van der Waals surface area (Å²) < 4.78 is 24.9. The molecule has 0 fully saturated rings. The molecule has 6 heteroatoms. The van der Waals surface area contributed by atoms with Crippen molar-refractivity contribution in [1.29, 1.82) is 0 Å². The van der Waals surface area contributed by atoms with Crippen LogP contribution in [0.2, 0.25) is 0 Å². The zero-order chi connectivity index (χ0) is 14.6. The molecule has 2 aromatic rings. The predicted molar refractivity (Wildman–Crippen MR) is 83.1 cm³/mol. The molecule has 0 atom stereocenters. The Labute approximate surface area is 126 Å².